The minimum absolute atomic E-state index is 0.0306. The zero-order chi connectivity index (χ0) is 18.4. The molecular weight excluding hydrogens is 348 g/mol. The fourth-order valence-electron chi connectivity index (χ4n) is 2.67. The first-order valence-corrected chi connectivity index (χ1v) is 9.43. The van der Waals surface area contributed by atoms with E-state index >= 15 is 0 Å². The molecule has 0 saturated carbocycles. The molecule has 0 fully saturated rings. The molecule has 0 spiro atoms. The van der Waals surface area contributed by atoms with Gasteiger partial charge in [0.15, 0.2) is 5.16 Å². The van der Waals surface area contributed by atoms with Gasteiger partial charge in [0.05, 0.1) is 18.4 Å². The second kappa shape index (κ2) is 8.82. The van der Waals surface area contributed by atoms with Gasteiger partial charge in [0.25, 0.3) is 0 Å². The fourth-order valence-corrected chi connectivity index (χ4v) is 3.43. The summed E-state index contributed by atoms with van der Waals surface area (Å²) >= 11 is 1.37. The predicted molar refractivity (Wildman–Crippen MR) is 103 cm³/mol. The van der Waals surface area contributed by atoms with Crippen LogP contribution < -0.4 is 5.32 Å². The van der Waals surface area contributed by atoms with Gasteiger partial charge in [-0.2, -0.15) is 0 Å². The van der Waals surface area contributed by atoms with Crippen molar-refractivity contribution in [1.29, 1.82) is 0 Å². The lowest BCUT2D eigenvalue weighted by molar-refractivity contribution is -0.119. The maximum atomic E-state index is 12.3. The van der Waals surface area contributed by atoms with Crippen LogP contribution in [0.5, 0.6) is 0 Å². The van der Waals surface area contributed by atoms with Crippen LogP contribution in [0.15, 0.2) is 53.9 Å². The summed E-state index contributed by atoms with van der Waals surface area (Å²) in [5, 5.41) is 14.1. The average molecular weight is 370 g/mol. The van der Waals surface area contributed by atoms with E-state index in [0.717, 1.165) is 10.7 Å². The summed E-state index contributed by atoms with van der Waals surface area (Å²) in [6.07, 6.45) is 1.65. The number of methoxy groups -OCH3 is 1. The van der Waals surface area contributed by atoms with E-state index in [1.807, 2.05) is 23.6 Å². The number of hydrogen-bond donors (Lipinski definition) is 1. The molecule has 1 unspecified atom stereocenters. The molecule has 3 aromatic rings. The van der Waals surface area contributed by atoms with E-state index in [2.05, 4.69) is 45.8 Å². The van der Waals surface area contributed by atoms with Gasteiger partial charge in [-0.1, -0.05) is 48.2 Å². The van der Waals surface area contributed by atoms with E-state index in [1.54, 1.807) is 13.4 Å². The van der Waals surface area contributed by atoms with E-state index in [9.17, 15) is 4.79 Å². The van der Waals surface area contributed by atoms with Crippen molar-refractivity contribution >= 4 is 28.4 Å². The van der Waals surface area contributed by atoms with Crippen LogP contribution in [0.25, 0.3) is 10.8 Å². The van der Waals surface area contributed by atoms with Crippen LogP contribution in [-0.2, 0) is 16.1 Å². The predicted octanol–water partition coefficient (Wildman–Crippen LogP) is 3.05. The van der Waals surface area contributed by atoms with Gasteiger partial charge >= 0.3 is 0 Å². The highest BCUT2D eigenvalue weighted by atomic mass is 32.2. The molecule has 1 amide bonds. The lowest BCUT2D eigenvalue weighted by Crippen LogP contribution is -2.28. The Morgan fingerprint density at radius 2 is 2.08 bits per heavy atom. The Morgan fingerprint density at radius 1 is 1.27 bits per heavy atom. The molecule has 0 aliphatic heterocycles. The zero-order valence-corrected chi connectivity index (χ0v) is 15.7. The number of nitrogens with one attached hydrogen (secondary N) is 1. The normalized spacial score (nSPS) is 12.2. The summed E-state index contributed by atoms with van der Waals surface area (Å²) in [5.74, 6) is 0.265. The van der Waals surface area contributed by atoms with Crippen molar-refractivity contribution < 1.29 is 9.53 Å². The van der Waals surface area contributed by atoms with Gasteiger partial charge in [-0.15, -0.1) is 10.2 Å². The van der Waals surface area contributed by atoms with Gasteiger partial charge in [-0.25, -0.2) is 0 Å². The maximum Gasteiger partial charge on any atom is 0.230 e. The minimum Gasteiger partial charge on any atom is -0.383 e. The number of nitrogens with zero attached hydrogens (tertiary/aromatic N) is 3. The van der Waals surface area contributed by atoms with Crippen molar-refractivity contribution in [1.82, 2.24) is 20.1 Å². The second-order valence-corrected chi connectivity index (χ2v) is 6.93. The number of hydrogen-bond acceptors (Lipinski definition) is 5. The summed E-state index contributed by atoms with van der Waals surface area (Å²) in [4.78, 5) is 12.3. The largest absolute Gasteiger partial charge is 0.383 e. The summed E-state index contributed by atoms with van der Waals surface area (Å²) in [6.45, 7) is 3.24. The molecule has 6 nitrogen and oxygen atoms in total. The van der Waals surface area contributed by atoms with Gasteiger partial charge in [-0.3, -0.25) is 4.79 Å². The molecule has 7 heteroatoms. The lowest BCUT2D eigenvalue weighted by Gasteiger charge is -2.15. The van der Waals surface area contributed by atoms with Crippen LogP contribution in [0.2, 0.25) is 0 Å². The van der Waals surface area contributed by atoms with Gasteiger partial charge in [0.1, 0.15) is 6.33 Å². The van der Waals surface area contributed by atoms with Gasteiger partial charge in [0, 0.05) is 13.7 Å². The van der Waals surface area contributed by atoms with Crippen LogP contribution in [-0.4, -0.2) is 40.1 Å². The van der Waals surface area contributed by atoms with E-state index in [-0.39, 0.29) is 11.9 Å². The Labute approximate surface area is 156 Å². The Kier molecular flexibility index (Phi) is 6.25. The highest BCUT2D eigenvalue weighted by Crippen LogP contribution is 2.21. The molecule has 26 heavy (non-hydrogen) atoms. The Bertz CT molecular complexity index is 881. The summed E-state index contributed by atoms with van der Waals surface area (Å²) in [6, 6.07) is 14.4. The van der Waals surface area contributed by atoms with Gasteiger partial charge in [-0.05, 0) is 29.3 Å². The minimum atomic E-state index is -0.0564. The van der Waals surface area contributed by atoms with E-state index in [0.29, 0.717) is 18.9 Å². The number of aromatic nitrogens is 3. The van der Waals surface area contributed by atoms with Crippen LogP contribution in [0.1, 0.15) is 18.5 Å². The maximum absolute atomic E-state index is 12.3. The smallest absolute Gasteiger partial charge is 0.230 e. The molecule has 136 valence electrons. The fraction of sp³-hybridized carbons (Fsp3) is 0.316. The van der Waals surface area contributed by atoms with Crippen molar-refractivity contribution in [2.45, 2.75) is 24.7 Å². The number of rotatable bonds is 8. The molecule has 1 atom stereocenters. The van der Waals surface area contributed by atoms with Crippen molar-refractivity contribution in [2.75, 3.05) is 19.5 Å². The van der Waals surface area contributed by atoms with Gasteiger partial charge < -0.3 is 14.6 Å². The zero-order valence-electron chi connectivity index (χ0n) is 14.9. The monoisotopic (exact) mass is 370 g/mol. The summed E-state index contributed by atoms with van der Waals surface area (Å²) < 4.78 is 6.95. The third-order valence-electron chi connectivity index (χ3n) is 4.10. The van der Waals surface area contributed by atoms with Crippen molar-refractivity contribution in [3.8, 4) is 0 Å². The van der Waals surface area contributed by atoms with Crippen molar-refractivity contribution in [3.05, 3.63) is 54.4 Å². The third-order valence-corrected chi connectivity index (χ3v) is 5.08. The van der Waals surface area contributed by atoms with Crippen LogP contribution in [0.4, 0.5) is 0 Å². The number of amides is 1. The van der Waals surface area contributed by atoms with Crippen molar-refractivity contribution in [2.24, 2.45) is 0 Å². The Morgan fingerprint density at radius 3 is 2.88 bits per heavy atom. The number of fused-ring (bicyclic) bond motifs is 1. The lowest BCUT2D eigenvalue weighted by atomic mass is 10.0. The van der Waals surface area contributed by atoms with E-state index in [1.165, 1.54) is 22.5 Å². The van der Waals surface area contributed by atoms with E-state index < -0.39 is 0 Å². The molecule has 0 aliphatic rings. The molecule has 0 radical (unpaired) electrons. The first-order chi connectivity index (χ1) is 12.7. The molecule has 0 aliphatic carbocycles. The van der Waals surface area contributed by atoms with Crippen LogP contribution in [0, 0.1) is 0 Å². The first-order valence-electron chi connectivity index (χ1n) is 8.45. The number of carbonyl (C=O) groups excluding carboxylic acids is 1. The first kappa shape index (κ1) is 18.4. The highest BCUT2D eigenvalue weighted by molar-refractivity contribution is 7.99. The van der Waals surface area contributed by atoms with Crippen molar-refractivity contribution in [3.63, 3.8) is 0 Å². The Balaban J connectivity index is 1.56. The summed E-state index contributed by atoms with van der Waals surface area (Å²) in [5.41, 5.74) is 1.09. The topological polar surface area (TPSA) is 69.0 Å². The molecule has 0 bridgehead atoms. The molecule has 3 rings (SSSR count). The average Bonchev–Trinajstić information content (AvgIpc) is 3.11. The van der Waals surface area contributed by atoms with Gasteiger partial charge in [0.2, 0.25) is 5.91 Å². The number of thioether (sulfide) groups is 1. The summed E-state index contributed by atoms with van der Waals surface area (Å²) in [7, 11) is 1.65. The SMILES string of the molecule is COCCn1cnnc1SCC(=O)NC(C)c1ccc2ccccc2c1. The molecular formula is C19H22N4O2S. The molecule has 2 aromatic carbocycles. The second-order valence-electron chi connectivity index (χ2n) is 5.98. The third kappa shape index (κ3) is 4.62. The number of benzene rings is 2. The highest BCUT2D eigenvalue weighted by Gasteiger charge is 2.12. The Hall–Kier alpha value is -2.38. The quantitative estimate of drug-likeness (QED) is 0.617. The standard InChI is InChI=1S/C19H22N4O2S/c1-14(16-8-7-15-5-3-4-6-17(15)11-16)21-18(24)12-26-19-22-20-13-23(19)9-10-25-2/h3-8,11,13-14H,9-10,12H2,1-2H3,(H,21,24). The molecule has 1 heterocycles. The van der Waals surface area contributed by atoms with Crippen LogP contribution >= 0.6 is 11.8 Å². The number of ether oxygens (including phenoxy) is 1. The van der Waals surface area contributed by atoms with Crippen LogP contribution in [0.3, 0.4) is 0 Å². The molecule has 1 aromatic heterocycles. The molecule has 1 N–H and O–H groups in total. The molecule has 0 saturated heterocycles. The number of carbonyl (C=O) groups is 1. The van der Waals surface area contributed by atoms with E-state index in [4.69, 9.17) is 4.74 Å².